The van der Waals surface area contributed by atoms with Crippen LogP contribution >= 0.6 is 11.8 Å². The van der Waals surface area contributed by atoms with Crippen LogP contribution in [0.15, 0.2) is 89.8 Å². The standard InChI is InChI=1S/C31H26N2O4S/c1-20-10-15-27(21(2)16-20)32-29(34)18-33-30(35)28(38-31(33)36)17-22-11-13-25(14-12-22)37-19-24-8-5-7-23-6-3-4-9-26(23)24/h3-17H,18-19H2,1-2H3,(H,32,34)/b28-17+. The molecule has 1 N–H and O–H groups in total. The van der Waals surface area contributed by atoms with Gasteiger partial charge in [-0.3, -0.25) is 19.3 Å². The highest BCUT2D eigenvalue weighted by atomic mass is 32.2. The zero-order valence-electron chi connectivity index (χ0n) is 21.1. The zero-order chi connectivity index (χ0) is 26.6. The van der Waals surface area contributed by atoms with E-state index in [9.17, 15) is 14.4 Å². The van der Waals surface area contributed by atoms with Gasteiger partial charge in [0, 0.05) is 5.69 Å². The van der Waals surface area contributed by atoms with Gasteiger partial charge >= 0.3 is 0 Å². The summed E-state index contributed by atoms with van der Waals surface area (Å²) in [6, 6.07) is 27.3. The van der Waals surface area contributed by atoms with Gasteiger partial charge in [-0.05, 0) is 77.3 Å². The molecule has 0 spiro atoms. The SMILES string of the molecule is Cc1ccc(NC(=O)CN2C(=O)S/C(=C/c3ccc(OCc4cccc5ccccc45)cc3)C2=O)c(C)c1. The number of hydrogen-bond donors (Lipinski definition) is 1. The maximum atomic E-state index is 12.9. The molecule has 1 heterocycles. The van der Waals surface area contributed by atoms with E-state index in [1.165, 1.54) is 5.39 Å². The second-order valence-electron chi connectivity index (χ2n) is 9.13. The molecule has 38 heavy (non-hydrogen) atoms. The smallest absolute Gasteiger partial charge is 0.294 e. The Morgan fingerprint density at radius 1 is 0.947 bits per heavy atom. The number of fused-ring (bicyclic) bond motifs is 1. The number of amides is 3. The van der Waals surface area contributed by atoms with Gasteiger partial charge in [0.05, 0.1) is 4.91 Å². The molecule has 190 valence electrons. The lowest BCUT2D eigenvalue weighted by molar-refractivity contribution is -0.127. The molecule has 1 fully saturated rings. The van der Waals surface area contributed by atoms with Crippen LogP contribution < -0.4 is 10.1 Å². The van der Waals surface area contributed by atoms with Gasteiger partial charge in [-0.1, -0.05) is 72.3 Å². The van der Waals surface area contributed by atoms with Crippen LogP contribution in [0.3, 0.4) is 0 Å². The van der Waals surface area contributed by atoms with Crippen molar-refractivity contribution in [2.24, 2.45) is 0 Å². The van der Waals surface area contributed by atoms with Crippen LogP contribution in [-0.2, 0) is 16.2 Å². The molecule has 0 aliphatic carbocycles. The van der Waals surface area contributed by atoms with Crippen molar-refractivity contribution in [2.45, 2.75) is 20.5 Å². The quantitative estimate of drug-likeness (QED) is 0.273. The number of imide groups is 1. The molecule has 5 rings (SSSR count). The van der Waals surface area contributed by atoms with Gasteiger partial charge < -0.3 is 10.1 Å². The second-order valence-corrected chi connectivity index (χ2v) is 10.1. The number of anilines is 1. The molecular weight excluding hydrogens is 496 g/mol. The maximum absolute atomic E-state index is 12.9. The highest BCUT2D eigenvalue weighted by Gasteiger charge is 2.36. The van der Waals surface area contributed by atoms with Gasteiger partial charge in [0.15, 0.2) is 0 Å². The number of carbonyl (C=O) groups is 3. The van der Waals surface area contributed by atoms with E-state index in [1.54, 1.807) is 6.08 Å². The van der Waals surface area contributed by atoms with Crippen LogP contribution in [0.2, 0.25) is 0 Å². The van der Waals surface area contributed by atoms with Gasteiger partial charge in [0.2, 0.25) is 5.91 Å². The Hall–Kier alpha value is -4.36. The highest BCUT2D eigenvalue weighted by Crippen LogP contribution is 2.32. The fraction of sp³-hybridized carbons (Fsp3) is 0.129. The van der Waals surface area contributed by atoms with E-state index in [-0.39, 0.29) is 11.4 Å². The van der Waals surface area contributed by atoms with Crippen molar-refractivity contribution in [1.29, 1.82) is 0 Å². The summed E-state index contributed by atoms with van der Waals surface area (Å²) in [5.74, 6) is -0.202. The van der Waals surface area contributed by atoms with E-state index in [2.05, 4.69) is 29.6 Å². The van der Waals surface area contributed by atoms with Crippen molar-refractivity contribution < 1.29 is 19.1 Å². The number of thioether (sulfide) groups is 1. The molecular formula is C31H26N2O4S. The van der Waals surface area contributed by atoms with Crippen molar-refractivity contribution >= 4 is 51.4 Å². The Labute approximate surface area is 225 Å². The summed E-state index contributed by atoms with van der Waals surface area (Å²) < 4.78 is 5.99. The van der Waals surface area contributed by atoms with E-state index in [0.29, 0.717) is 18.0 Å². The summed E-state index contributed by atoms with van der Waals surface area (Å²) in [6.07, 6.45) is 1.65. The van der Waals surface area contributed by atoms with Gasteiger partial charge in [0.25, 0.3) is 11.1 Å². The van der Waals surface area contributed by atoms with Crippen molar-refractivity contribution in [3.63, 3.8) is 0 Å². The Kier molecular flexibility index (Phi) is 7.29. The maximum Gasteiger partial charge on any atom is 0.294 e. The van der Waals surface area contributed by atoms with E-state index < -0.39 is 17.1 Å². The normalized spacial score (nSPS) is 14.4. The first-order chi connectivity index (χ1) is 18.4. The van der Waals surface area contributed by atoms with Crippen molar-refractivity contribution in [3.05, 3.63) is 112 Å². The van der Waals surface area contributed by atoms with Crippen LogP contribution in [0.1, 0.15) is 22.3 Å². The number of benzene rings is 4. The minimum absolute atomic E-state index is 0.277. The average molecular weight is 523 g/mol. The van der Waals surface area contributed by atoms with E-state index in [0.717, 1.165) is 44.3 Å². The number of ether oxygens (including phenoxy) is 1. The summed E-state index contributed by atoms with van der Waals surface area (Å²) in [7, 11) is 0. The third-order valence-corrected chi connectivity index (χ3v) is 7.19. The molecule has 0 aromatic heterocycles. The van der Waals surface area contributed by atoms with Gasteiger partial charge in [-0.25, -0.2) is 0 Å². The number of carbonyl (C=O) groups excluding carboxylic acids is 3. The third-order valence-electron chi connectivity index (χ3n) is 6.28. The average Bonchev–Trinajstić information content (AvgIpc) is 3.17. The summed E-state index contributed by atoms with van der Waals surface area (Å²) in [4.78, 5) is 39.1. The lowest BCUT2D eigenvalue weighted by atomic mass is 10.1. The van der Waals surface area contributed by atoms with Gasteiger partial charge in [-0.15, -0.1) is 0 Å². The fourth-order valence-corrected chi connectivity index (χ4v) is 5.15. The summed E-state index contributed by atoms with van der Waals surface area (Å²) in [5, 5.41) is 4.64. The van der Waals surface area contributed by atoms with E-state index in [4.69, 9.17) is 4.74 Å². The van der Waals surface area contributed by atoms with E-state index >= 15 is 0 Å². The molecule has 0 atom stereocenters. The number of nitrogens with one attached hydrogen (secondary N) is 1. The topological polar surface area (TPSA) is 75.7 Å². The molecule has 1 aliphatic rings. The minimum Gasteiger partial charge on any atom is -0.489 e. The third kappa shape index (κ3) is 5.63. The largest absolute Gasteiger partial charge is 0.489 e. The first kappa shape index (κ1) is 25.3. The predicted octanol–water partition coefficient (Wildman–Crippen LogP) is 6.71. The van der Waals surface area contributed by atoms with Crippen LogP contribution in [0.4, 0.5) is 10.5 Å². The molecule has 1 aliphatic heterocycles. The molecule has 0 bridgehead atoms. The summed E-state index contributed by atoms with van der Waals surface area (Å²) in [6.45, 7) is 3.96. The first-order valence-electron chi connectivity index (χ1n) is 12.2. The van der Waals surface area contributed by atoms with Crippen LogP contribution in [-0.4, -0.2) is 28.5 Å². The van der Waals surface area contributed by atoms with Crippen LogP contribution in [0.5, 0.6) is 5.75 Å². The van der Waals surface area contributed by atoms with Crippen LogP contribution in [0.25, 0.3) is 16.8 Å². The molecule has 3 amide bonds. The van der Waals surface area contributed by atoms with Gasteiger partial charge in [-0.2, -0.15) is 0 Å². The number of hydrogen-bond acceptors (Lipinski definition) is 5. The Morgan fingerprint density at radius 2 is 1.71 bits per heavy atom. The lowest BCUT2D eigenvalue weighted by Gasteiger charge is -2.14. The molecule has 0 unspecified atom stereocenters. The highest BCUT2D eigenvalue weighted by molar-refractivity contribution is 8.18. The van der Waals surface area contributed by atoms with Crippen molar-refractivity contribution in [2.75, 3.05) is 11.9 Å². The van der Waals surface area contributed by atoms with Crippen molar-refractivity contribution in [3.8, 4) is 5.75 Å². The Balaban J connectivity index is 1.21. The molecule has 7 heteroatoms. The van der Waals surface area contributed by atoms with Gasteiger partial charge in [0.1, 0.15) is 18.9 Å². The number of nitrogens with zero attached hydrogens (tertiary/aromatic N) is 1. The molecule has 4 aromatic rings. The molecule has 0 radical (unpaired) electrons. The lowest BCUT2D eigenvalue weighted by Crippen LogP contribution is -2.36. The zero-order valence-corrected chi connectivity index (χ0v) is 21.9. The molecule has 1 saturated heterocycles. The first-order valence-corrected chi connectivity index (χ1v) is 13.0. The summed E-state index contributed by atoms with van der Waals surface area (Å²) in [5.41, 5.74) is 4.51. The Morgan fingerprint density at radius 3 is 2.50 bits per heavy atom. The fourth-order valence-electron chi connectivity index (χ4n) is 4.31. The second kappa shape index (κ2) is 10.9. The number of aryl methyl sites for hydroxylation is 2. The molecule has 0 saturated carbocycles. The molecule has 4 aromatic carbocycles. The summed E-state index contributed by atoms with van der Waals surface area (Å²) >= 11 is 0.830. The monoisotopic (exact) mass is 522 g/mol. The van der Waals surface area contributed by atoms with Crippen molar-refractivity contribution in [1.82, 2.24) is 4.90 Å². The Bertz CT molecular complexity index is 1570. The van der Waals surface area contributed by atoms with Crippen LogP contribution in [0, 0.1) is 13.8 Å². The predicted molar refractivity (Wildman–Crippen MR) is 152 cm³/mol. The molecule has 6 nitrogen and oxygen atoms in total. The number of rotatable bonds is 7. The van der Waals surface area contributed by atoms with E-state index in [1.807, 2.05) is 74.5 Å². The minimum atomic E-state index is -0.480.